The second kappa shape index (κ2) is 8.71. The molecule has 1 aliphatic rings. The largest absolute Gasteiger partial charge is 0.323 e. The number of rotatable bonds is 6. The maximum atomic E-state index is 13.0. The number of fused-ring (bicyclic) bond motifs is 2. The first kappa shape index (κ1) is 20.2. The first-order chi connectivity index (χ1) is 14.6. The van der Waals surface area contributed by atoms with Gasteiger partial charge in [-0.2, -0.15) is 0 Å². The lowest BCUT2D eigenvalue weighted by Gasteiger charge is -2.29. The van der Waals surface area contributed by atoms with Crippen LogP contribution in [0.4, 0.5) is 11.4 Å². The lowest BCUT2D eigenvalue weighted by Crippen LogP contribution is -2.43. The molecule has 7 nitrogen and oxygen atoms in total. The van der Waals surface area contributed by atoms with Crippen molar-refractivity contribution in [3.05, 3.63) is 58.9 Å². The third-order valence-corrected chi connectivity index (χ3v) is 5.92. The molecule has 2 heterocycles. The van der Waals surface area contributed by atoms with E-state index in [4.69, 9.17) is 0 Å². The highest BCUT2D eigenvalue weighted by atomic mass is 32.2. The van der Waals surface area contributed by atoms with E-state index in [1.54, 1.807) is 22.8 Å². The van der Waals surface area contributed by atoms with Gasteiger partial charge in [-0.05, 0) is 30.7 Å². The van der Waals surface area contributed by atoms with Gasteiger partial charge in [0.2, 0.25) is 11.8 Å². The summed E-state index contributed by atoms with van der Waals surface area (Å²) in [6, 6.07) is 14.5. The van der Waals surface area contributed by atoms with Gasteiger partial charge in [-0.1, -0.05) is 49.4 Å². The molecule has 0 spiro atoms. The minimum Gasteiger partial charge on any atom is -0.323 e. The lowest BCUT2D eigenvalue weighted by molar-refractivity contribution is -0.120. The highest BCUT2D eigenvalue weighted by molar-refractivity contribution is 7.99. The van der Waals surface area contributed by atoms with E-state index in [1.807, 2.05) is 30.3 Å². The van der Waals surface area contributed by atoms with Crippen molar-refractivity contribution in [3.8, 4) is 0 Å². The van der Waals surface area contributed by atoms with Crippen molar-refractivity contribution in [2.75, 3.05) is 22.5 Å². The SMILES string of the molecule is CCCCn1c(SCC(=O)N2CC(=O)Nc3ccccc32)nc2ccccc2c1=O. The quantitative estimate of drug-likeness (QED) is 0.487. The van der Waals surface area contributed by atoms with E-state index in [0.29, 0.717) is 34.0 Å². The fraction of sp³-hybridized carbons (Fsp3) is 0.273. The molecule has 154 valence electrons. The maximum Gasteiger partial charge on any atom is 0.262 e. The molecule has 1 aliphatic heterocycles. The van der Waals surface area contributed by atoms with Crippen LogP contribution in [0.3, 0.4) is 0 Å². The van der Waals surface area contributed by atoms with Crippen molar-refractivity contribution >= 4 is 45.9 Å². The Morgan fingerprint density at radius 1 is 1.13 bits per heavy atom. The summed E-state index contributed by atoms with van der Waals surface area (Å²) in [5, 5.41) is 3.88. The Labute approximate surface area is 178 Å². The number of hydrogen-bond acceptors (Lipinski definition) is 5. The van der Waals surface area contributed by atoms with Crippen molar-refractivity contribution in [1.82, 2.24) is 9.55 Å². The number of thioether (sulfide) groups is 1. The standard InChI is InChI=1S/C22H22N4O3S/c1-2-3-12-25-21(29)15-8-4-5-9-16(15)24-22(25)30-14-20(28)26-13-19(27)23-17-10-6-7-11-18(17)26/h4-11H,2-3,12-14H2,1H3,(H,23,27). The number of anilines is 2. The van der Waals surface area contributed by atoms with E-state index in [2.05, 4.69) is 17.2 Å². The van der Waals surface area contributed by atoms with Crippen LogP contribution in [0.25, 0.3) is 10.9 Å². The molecule has 0 atom stereocenters. The van der Waals surface area contributed by atoms with Crippen LogP contribution in [0.15, 0.2) is 58.5 Å². The van der Waals surface area contributed by atoms with E-state index in [0.717, 1.165) is 12.8 Å². The predicted octanol–water partition coefficient (Wildman–Crippen LogP) is 3.27. The number of carbonyl (C=O) groups excluding carboxylic acids is 2. The van der Waals surface area contributed by atoms with Gasteiger partial charge in [0.25, 0.3) is 5.56 Å². The van der Waals surface area contributed by atoms with Crippen LogP contribution >= 0.6 is 11.8 Å². The van der Waals surface area contributed by atoms with E-state index in [-0.39, 0.29) is 29.7 Å². The van der Waals surface area contributed by atoms with E-state index < -0.39 is 0 Å². The zero-order chi connectivity index (χ0) is 21.1. The molecule has 0 radical (unpaired) electrons. The summed E-state index contributed by atoms with van der Waals surface area (Å²) < 4.78 is 1.65. The minimum atomic E-state index is -0.226. The zero-order valence-electron chi connectivity index (χ0n) is 16.6. The number of nitrogens with zero attached hydrogens (tertiary/aromatic N) is 3. The van der Waals surface area contributed by atoms with Crippen LogP contribution in [0.2, 0.25) is 0 Å². The summed E-state index contributed by atoms with van der Waals surface area (Å²) in [5.41, 5.74) is 1.83. The van der Waals surface area contributed by atoms with Gasteiger partial charge in [0.1, 0.15) is 6.54 Å². The molecular weight excluding hydrogens is 400 g/mol. The highest BCUT2D eigenvalue weighted by Crippen LogP contribution is 2.30. The van der Waals surface area contributed by atoms with Gasteiger partial charge in [0.15, 0.2) is 5.16 Å². The molecule has 0 aliphatic carbocycles. The van der Waals surface area contributed by atoms with Crippen LogP contribution in [0.1, 0.15) is 19.8 Å². The molecule has 8 heteroatoms. The Hall–Kier alpha value is -3.13. The summed E-state index contributed by atoms with van der Waals surface area (Å²) in [5.74, 6) is -0.346. The zero-order valence-corrected chi connectivity index (χ0v) is 17.4. The van der Waals surface area contributed by atoms with Gasteiger partial charge in [0.05, 0.1) is 28.0 Å². The molecule has 3 aromatic rings. The highest BCUT2D eigenvalue weighted by Gasteiger charge is 2.27. The molecule has 0 saturated heterocycles. The fourth-order valence-corrected chi connectivity index (χ4v) is 4.33. The number of carbonyl (C=O) groups is 2. The number of benzene rings is 2. The Bertz CT molecular complexity index is 1170. The number of hydrogen-bond donors (Lipinski definition) is 1. The van der Waals surface area contributed by atoms with Gasteiger partial charge >= 0.3 is 0 Å². The Morgan fingerprint density at radius 3 is 2.73 bits per heavy atom. The second-order valence-electron chi connectivity index (χ2n) is 7.06. The minimum absolute atomic E-state index is 0.0236. The van der Waals surface area contributed by atoms with Gasteiger partial charge in [-0.3, -0.25) is 19.0 Å². The van der Waals surface area contributed by atoms with Crippen molar-refractivity contribution < 1.29 is 9.59 Å². The third kappa shape index (κ3) is 3.95. The van der Waals surface area contributed by atoms with Gasteiger partial charge in [-0.25, -0.2) is 4.98 Å². The van der Waals surface area contributed by atoms with Crippen molar-refractivity contribution in [3.63, 3.8) is 0 Å². The fourth-order valence-electron chi connectivity index (χ4n) is 3.43. The number of unbranched alkanes of at least 4 members (excludes halogenated alkanes) is 1. The molecule has 0 unspecified atom stereocenters. The first-order valence-electron chi connectivity index (χ1n) is 9.90. The number of amides is 2. The monoisotopic (exact) mass is 422 g/mol. The molecule has 4 rings (SSSR count). The average Bonchev–Trinajstić information content (AvgIpc) is 2.76. The summed E-state index contributed by atoms with van der Waals surface area (Å²) in [7, 11) is 0. The van der Waals surface area contributed by atoms with Gasteiger partial charge in [-0.15, -0.1) is 0 Å². The van der Waals surface area contributed by atoms with E-state index in [1.165, 1.54) is 16.7 Å². The summed E-state index contributed by atoms with van der Waals surface area (Å²) in [4.78, 5) is 44.1. The summed E-state index contributed by atoms with van der Waals surface area (Å²) in [6.07, 6.45) is 1.79. The third-order valence-electron chi connectivity index (χ3n) is 4.96. The van der Waals surface area contributed by atoms with E-state index in [9.17, 15) is 14.4 Å². The molecule has 2 amide bonds. The number of nitrogens with one attached hydrogen (secondary N) is 1. The molecule has 2 aromatic carbocycles. The molecular formula is C22H22N4O3S. The van der Waals surface area contributed by atoms with Crippen LogP contribution in [0, 0.1) is 0 Å². The molecule has 1 aromatic heterocycles. The second-order valence-corrected chi connectivity index (χ2v) is 8.00. The van der Waals surface area contributed by atoms with Crippen molar-refractivity contribution in [2.45, 2.75) is 31.5 Å². The lowest BCUT2D eigenvalue weighted by atomic mass is 10.2. The Balaban J connectivity index is 1.61. The molecule has 0 bridgehead atoms. The Kier molecular flexibility index (Phi) is 5.85. The number of aromatic nitrogens is 2. The molecule has 0 fully saturated rings. The molecule has 30 heavy (non-hydrogen) atoms. The normalized spacial score (nSPS) is 13.2. The van der Waals surface area contributed by atoms with Crippen LogP contribution < -0.4 is 15.8 Å². The van der Waals surface area contributed by atoms with E-state index >= 15 is 0 Å². The van der Waals surface area contributed by atoms with Crippen LogP contribution in [-0.4, -0.2) is 33.7 Å². The van der Waals surface area contributed by atoms with Crippen molar-refractivity contribution in [1.29, 1.82) is 0 Å². The van der Waals surface area contributed by atoms with Crippen LogP contribution in [0.5, 0.6) is 0 Å². The summed E-state index contributed by atoms with van der Waals surface area (Å²) >= 11 is 1.23. The van der Waals surface area contributed by atoms with Gasteiger partial charge < -0.3 is 10.2 Å². The first-order valence-corrected chi connectivity index (χ1v) is 10.9. The topological polar surface area (TPSA) is 84.3 Å². The average molecular weight is 423 g/mol. The maximum absolute atomic E-state index is 13.0. The van der Waals surface area contributed by atoms with Crippen molar-refractivity contribution in [2.24, 2.45) is 0 Å². The molecule has 1 N–H and O–H groups in total. The van der Waals surface area contributed by atoms with Gasteiger partial charge in [0, 0.05) is 6.54 Å². The Morgan fingerprint density at radius 2 is 1.90 bits per heavy atom. The predicted molar refractivity (Wildman–Crippen MR) is 119 cm³/mol. The van der Waals surface area contributed by atoms with Crippen LogP contribution in [-0.2, 0) is 16.1 Å². The summed E-state index contributed by atoms with van der Waals surface area (Å²) in [6.45, 7) is 2.59. The molecule has 0 saturated carbocycles. The smallest absolute Gasteiger partial charge is 0.262 e. The number of para-hydroxylation sites is 3.